The van der Waals surface area contributed by atoms with Crippen molar-refractivity contribution in [2.75, 3.05) is 12.3 Å². The average Bonchev–Trinajstić information content (AvgIpc) is 3.58. The third kappa shape index (κ3) is 3.51. The molecular formula is C24H20N4O2S3. The fourth-order valence-corrected chi connectivity index (χ4v) is 7.07. The Bertz CT molecular complexity index is 1560. The summed E-state index contributed by atoms with van der Waals surface area (Å²) in [6, 6.07) is 12.2. The van der Waals surface area contributed by atoms with Gasteiger partial charge in [0.2, 0.25) is 5.91 Å². The van der Waals surface area contributed by atoms with Crippen molar-refractivity contribution in [1.29, 1.82) is 0 Å². The molecule has 1 amide bonds. The van der Waals surface area contributed by atoms with E-state index in [-0.39, 0.29) is 17.2 Å². The number of hydrogen-bond donors (Lipinski definition) is 1. The van der Waals surface area contributed by atoms with Crippen molar-refractivity contribution in [2.45, 2.75) is 18.1 Å². The predicted molar refractivity (Wildman–Crippen MR) is 136 cm³/mol. The van der Waals surface area contributed by atoms with Gasteiger partial charge >= 0.3 is 0 Å². The zero-order valence-electron chi connectivity index (χ0n) is 17.8. The van der Waals surface area contributed by atoms with E-state index >= 15 is 0 Å². The minimum atomic E-state index is -0.0685. The van der Waals surface area contributed by atoms with Crippen LogP contribution >= 0.6 is 34.4 Å². The number of thiophene rings is 2. The van der Waals surface area contributed by atoms with Crippen LogP contribution in [0.3, 0.4) is 0 Å². The van der Waals surface area contributed by atoms with Crippen LogP contribution in [-0.2, 0) is 24.8 Å². The topological polar surface area (TPSA) is 71.0 Å². The Morgan fingerprint density at radius 2 is 2.09 bits per heavy atom. The number of carbonyl (C=O) groups is 1. The summed E-state index contributed by atoms with van der Waals surface area (Å²) in [4.78, 5) is 38.1. The third-order valence-electron chi connectivity index (χ3n) is 6.12. The number of benzene rings is 1. The quantitative estimate of drug-likeness (QED) is 0.287. The zero-order chi connectivity index (χ0) is 22.5. The Labute approximate surface area is 201 Å². The maximum absolute atomic E-state index is 13.1. The van der Waals surface area contributed by atoms with Crippen LogP contribution < -0.4 is 5.56 Å². The fraction of sp³-hybridized carbons (Fsp3) is 0.208. The van der Waals surface area contributed by atoms with Gasteiger partial charge < -0.3 is 9.88 Å². The van der Waals surface area contributed by atoms with Crippen molar-refractivity contribution in [3.63, 3.8) is 0 Å². The van der Waals surface area contributed by atoms with Gasteiger partial charge in [-0.25, -0.2) is 4.98 Å². The van der Waals surface area contributed by atoms with Gasteiger partial charge in [-0.15, -0.1) is 22.7 Å². The molecule has 6 rings (SSSR count). The molecule has 5 heterocycles. The van der Waals surface area contributed by atoms with E-state index in [0.717, 1.165) is 27.2 Å². The average molecular weight is 493 g/mol. The smallest absolute Gasteiger partial charge is 0.263 e. The Kier molecular flexibility index (Phi) is 5.12. The summed E-state index contributed by atoms with van der Waals surface area (Å²) in [7, 11) is 1.73. The predicted octanol–water partition coefficient (Wildman–Crippen LogP) is 4.88. The number of rotatable bonds is 4. The molecular weight excluding hydrogens is 472 g/mol. The number of aromatic amines is 1. The number of hydrogen-bond acceptors (Lipinski definition) is 6. The molecule has 0 bridgehead atoms. The molecule has 0 saturated heterocycles. The largest absolute Gasteiger partial charge is 0.358 e. The molecule has 0 radical (unpaired) electrons. The van der Waals surface area contributed by atoms with E-state index in [1.807, 2.05) is 39.9 Å². The Balaban J connectivity index is 1.22. The maximum atomic E-state index is 13.1. The number of thioether (sulfide) groups is 1. The molecule has 0 atom stereocenters. The molecule has 0 spiro atoms. The number of fused-ring (bicyclic) bond motifs is 4. The summed E-state index contributed by atoms with van der Waals surface area (Å²) < 4.78 is 1.57. The number of nitrogens with one attached hydrogen (secondary N) is 1. The van der Waals surface area contributed by atoms with Gasteiger partial charge in [0.15, 0.2) is 5.16 Å². The molecule has 1 aliphatic heterocycles. The van der Waals surface area contributed by atoms with E-state index in [0.29, 0.717) is 23.6 Å². The monoisotopic (exact) mass is 492 g/mol. The summed E-state index contributed by atoms with van der Waals surface area (Å²) in [6.07, 6.45) is 0.823. The first-order chi connectivity index (χ1) is 16.1. The van der Waals surface area contributed by atoms with E-state index in [9.17, 15) is 9.59 Å². The number of H-pyrrole nitrogens is 1. The number of carbonyl (C=O) groups excluding carboxylic acids is 1. The van der Waals surface area contributed by atoms with E-state index in [4.69, 9.17) is 4.98 Å². The van der Waals surface area contributed by atoms with E-state index in [1.165, 1.54) is 39.7 Å². The van der Waals surface area contributed by atoms with Crippen LogP contribution in [0.4, 0.5) is 0 Å². The van der Waals surface area contributed by atoms with Gasteiger partial charge in [0.25, 0.3) is 5.56 Å². The molecule has 1 aromatic carbocycles. The summed E-state index contributed by atoms with van der Waals surface area (Å²) in [5.74, 6) is 0.322. The lowest BCUT2D eigenvalue weighted by molar-refractivity contribution is -0.129. The second-order valence-corrected chi connectivity index (χ2v) is 10.8. The minimum Gasteiger partial charge on any atom is -0.358 e. The van der Waals surface area contributed by atoms with Crippen molar-refractivity contribution >= 4 is 61.5 Å². The van der Waals surface area contributed by atoms with E-state index in [1.54, 1.807) is 23.0 Å². The summed E-state index contributed by atoms with van der Waals surface area (Å²) >= 11 is 4.42. The highest BCUT2D eigenvalue weighted by atomic mass is 32.2. The van der Waals surface area contributed by atoms with Crippen LogP contribution in [-0.4, -0.2) is 37.6 Å². The summed E-state index contributed by atoms with van der Waals surface area (Å²) in [6.45, 7) is 1.30. The van der Waals surface area contributed by atoms with Crippen LogP contribution in [0.1, 0.15) is 11.3 Å². The standard InChI is InChI=1S/C24H20N4O2S3/c1-27-23(30)21-16(19-7-4-10-31-19)12-32-22(21)26-24(27)33-13-20(29)28-9-8-18-15(11-28)14-5-2-3-6-17(14)25-18/h2-7,10,12,25H,8-9,11,13H2,1H3. The molecule has 1 aliphatic rings. The van der Waals surface area contributed by atoms with Crippen LogP contribution in [0.15, 0.2) is 57.1 Å². The second kappa shape index (κ2) is 8.16. The molecule has 0 saturated carbocycles. The lowest BCUT2D eigenvalue weighted by Crippen LogP contribution is -2.37. The highest BCUT2D eigenvalue weighted by Crippen LogP contribution is 2.34. The third-order valence-corrected chi connectivity index (χ3v) is 8.91. The summed E-state index contributed by atoms with van der Waals surface area (Å²) in [5, 5.41) is 6.42. The first-order valence-electron chi connectivity index (χ1n) is 10.6. The molecule has 9 heteroatoms. The zero-order valence-corrected chi connectivity index (χ0v) is 20.3. The minimum absolute atomic E-state index is 0.0655. The molecule has 4 aromatic heterocycles. The van der Waals surface area contributed by atoms with Gasteiger partial charge in [-0.2, -0.15) is 0 Å². The first kappa shape index (κ1) is 20.7. The van der Waals surface area contributed by atoms with Crippen LogP contribution in [0.2, 0.25) is 0 Å². The lowest BCUT2D eigenvalue weighted by Gasteiger charge is -2.27. The van der Waals surface area contributed by atoms with Gasteiger partial charge in [0.1, 0.15) is 4.83 Å². The van der Waals surface area contributed by atoms with Gasteiger partial charge in [-0.3, -0.25) is 14.2 Å². The normalized spacial score (nSPS) is 13.7. The number of aromatic nitrogens is 3. The molecule has 5 aromatic rings. The van der Waals surface area contributed by atoms with Crippen LogP contribution in [0, 0.1) is 0 Å². The van der Waals surface area contributed by atoms with Gasteiger partial charge in [0, 0.05) is 64.5 Å². The first-order valence-corrected chi connectivity index (χ1v) is 13.4. The van der Waals surface area contributed by atoms with Crippen molar-refractivity contribution in [2.24, 2.45) is 7.05 Å². The van der Waals surface area contributed by atoms with E-state index < -0.39 is 0 Å². The Morgan fingerprint density at radius 1 is 1.21 bits per heavy atom. The number of para-hydroxylation sites is 1. The van der Waals surface area contributed by atoms with Gasteiger partial charge in [0.05, 0.1) is 11.1 Å². The molecule has 166 valence electrons. The number of nitrogens with zero attached hydrogens (tertiary/aromatic N) is 3. The lowest BCUT2D eigenvalue weighted by atomic mass is 10.0. The highest BCUT2D eigenvalue weighted by molar-refractivity contribution is 7.99. The van der Waals surface area contributed by atoms with Crippen molar-refractivity contribution in [1.82, 2.24) is 19.4 Å². The van der Waals surface area contributed by atoms with Gasteiger partial charge in [-0.1, -0.05) is 36.0 Å². The molecule has 1 N–H and O–H groups in total. The fourth-order valence-electron chi connectivity index (χ4n) is 4.39. The van der Waals surface area contributed by atoms with Crippen LogP contribution in [0.5, 0.6) is 0 Å². The summed E-state index contributed by atoms with van der Waals surface area (Å²) in [5.41, 5.74) is 4.43. The Hall–Kier alpha value is -2.88. The SMILES string of the molecule is Cn1c(SCC(=O)N2CCc3[nH]c4ccccc4c3C2)nc2scc(-c3cccs3)c2c1=O. The van der Waals surface area contributed by atoms with Crippen molar-refractivity contribution in [3.8, 4) is 10.4 Å². The molecule has 0 fully saturated rings. The van der Waals surface area contributed by atoms with Crippen LogP contribution in [0.25, 0.3) is 31.6 Å². The van der Waals surface area contributed by atoms with Crippen molar-refractivity contribution in [3.05, 3.63) is 68.8 Å². The second-order valence-electron chi connectivity index (χ2n) is 8.05. The molecule has 0 aliphatic carbocycles. The molecule has 6 nitrogen and oxygen atoms in total. The maximum Gasteiger partial charge on any atom is 0.263 e. The van der Waals surface area contributed by atoms with Crippen molar-refractivity contribution < 1.29 is 4.79 Å². The number of amides is 1. The molecule has 0 unspecified atom stereocenters. The highest BCUT2D eigenvalue weighted by Gasteiger charge is 2.24. The van der Waals surface area contributed by atoms with E-state index in [2.05, 4.69) is 17.1 Å². The Morgan fingerprint density at radius 3 is 2.94 bits per heavy atom. The molecule has 33 heavy (non-hydrogen) atoms. The van der Waals surface area contributed by atoms with Gasteiger partial charge in [-0.05, 0) is 17.5 Å².